The smallest absolute Gasteiger partial charge is 0.0963 e. The maximum atomic E-state index is 12.0. The Kier molecular flexibility index (Phi) is 7.24. The van der Waals surface area contributed by atoms with E-state index in [0.717, 1.165) is 53.5 Å². The highest BCUT2D eigenvalue weighted by Crippen LogP contribution is 2.32. The third kappa shape index (κ3) is 5.39. The van der Waals surface area contributed by atoms with E-state index in [1.807, 2.05) is 55.1 Å². The van der Waals surface area contributed by atoms with Crippen LogP contribution < -0.4 is 0 Å². The van der Waals surface area contributed by atoms with Gasteiger partial charge in [-0.1, -0.05) is 42.5 Å². The minimum Gasteiger partial charge on any atom is -0.330 e. The van der Waals surface area contributed by atoms with Crippen molar-refractivity contribution in [1.82, 2.24) is 19.4 Å². The van der Waals surface area contributed by atoms with Crippen LogP contribution in [-0.4, -0.2) is 43.5 Å². The third-order valence-corrected chi connectivity index (χ3v) is 6.38. The fraction of sp³-hybridized carbons (Fsp3) is 0.231. The fourth-order valence-corrected chi connectivity index (χ4v) is 4.45. The molecule has 2 aromatic heterocycles. The lowest BCUT2D eigenvalue weighted by Crippen LogP contribution is -2.20. The first-order valence-electron chi connectivity index (χ1n) is 10.7. The number of hydrogen-bond acceptors (Lipinski definition) is 4. The molecule has 164 valence electrons. The number of pyridine rings is 1. The van der Waals surface area contributed by atoms with Gasteiger partial charge in [0.1, 0.15) is 0 Å². The monoisotopic (exact) mass is 444 g/mol. The molecule has 2 heterocycles. The molecule has 4 aromatic rings. The Labute approximate surface area is 192 Å². The van der Waals surface area contributed by atoms with E-state index >= 15 is 0 Å². The lowest BCUT2D eigenvalue weighted by Gasteiger charge is -2.17. The molecular formula is C26H28N4OS. The van der Waals surface area contributed by atoms with Gasteiger partial charge in [0.15, 0.2) is 0 Å². The van der Waals surface area contributed by atoms with Gasteiger partial charge >= 0.3 is 0 Å². The van der Waals surface area contributed by atoms with Crippen LogP contribution in [0.2, 0.25) is 0 Å². The van der Waals surface area contributed by atoms with Crippen molar-refractivity contribution in [2.45, 2.75) is 24.4 Å². The van der Waals surface area contributed by atoms with Crippen LogP contribution in [0.5, 0.6) is 0 Å². The largest absolute Gasteiger partial charge is 0.330 e. The van der Waals surface area contributed by atoms with Crippen LogP contribution in [0.3, 0.4) is 0 Å². The van der Waals surface area contributed by atoms with Crippen LogP contribution in [0.4, 0.5) is 0 Å². The minimum absolute atomic E-state index is 0.806. The highest BCUT2D eigenvalue weighted by molar-refractivity contribution is 7.84. The SMILES string of the molecule is CN(CCCn1cnc(-c2cccc(S(C)=O)c2)c1-c1ccncc1)Cc1ccccc1. The summed E-state index contributed by atoms with van der Waals surface area (Å²) in [5.41, 5.74) is 5.35. The maximum Gasteiger partial charge on any atom is 0.0963 e. The minimum atomic E-state index is -1.03. The second-order valence-corrected chi connectivity index (χ2v) is 9.31. The molecule has 0 amide bonds. The average molecular weight is 445 g/mol. The number of aryl methyl sites for hydroxylation is 1. The summed E-state index contributed by atoms with van der Waals surface area (Å²) in [6.45, 7) is 2.79. The van der Waals surface area contributed by atoms with E-state index in [4.69, 9.17) is 4.98 Å². The van der Waals surface area contributed by atoms with Gasteiger partial charge in [-0.3, -0.25) is 9.19 Å². The Balaban J connectivity index is 1.55. The molecular weight excluding hydrogens is 416 g/mol. The van der Waals surface area contributed by atoms with E-state index in [1.54, 1.807) is 6.26 Å². The Morgan fingerprint density at radius 3 is 2.50 bits per heavy atom. The van der Waals surface area contributed by atoms with Crippen molar-refractivity contribution in [3.63, 3.8) is 0 Å². The molecule has 0 spiro atoms. The summed E-state index contributed by atoms with van der Waals surface area (Å²) in [6.07, 6.45) is 8.24. The van der Waals surface area contributed by atoms with E-state index in [2.05, 4.69) is 51.8 Å². The molecule has 0 saturated heterocycles. The van der Waals surface area contributed by atoms with Crippen molar-refractivity contribution in [3.05, 3.63) is 91.0 Å². The number of rotatable bonds is 9. The summed E-state index contributed by atoms with van der Waals surface area (Å²) < 4.78 is 14.2. The number of aromatic nitrogens is 3. The topological polar surface area (TPSA) is 51.0 Å². The van der Waals surface area contributed by atoms with Crippen LogP contribution >= 0.6 is 0 Å². The van der Waals surface area contributed by atoms with Crippen molar-refractivity contribution in [2.24, 2.45) is 0 Å². The van der Waals surface area contributed by atoms with Crippen molar-refractivity contribution in [1.29, 1.82) is 0 Å². The first kappa shape index (κ1) is 22.1. The predicted molar refractivity (Wildman–Crippen MR) is 131 cm³/mol. The summed E-state index contributed by atoms with van der Waals surface area (Å²) in [4.78, 5) is 12.1. The van der Waals surface area contributed by atoms with E-state index < -0.39 is 10.8 Å². The predicted octanol–water partition coefficient (Wildman–Crippen LogP) is 4.87. The molecule has 0 N–H and O–H groups in total. The highest BCUT2D eigenvalue weighted by Gasteiger charge is 2.16. The molecule has 0 aliphatic rings. The number of imidazole rings is 1. The first-order chi connectivity index (χ1) is 15.6. The Morgan fingerprint density at radius 1 is 0.969 bits per heavy atom. The zero-order valence-corrected chi connectivity index (χ0v) is 19.3. The van der Waals surface area contributed by atoms with E-state index in [1.165, 1.54) is 5.56 Å². The summed E-state index contributed by atoms with van der Waals surface area (Å²) in [7, 11) is 1.12. The molecule has 32 heavy (non-hydrogen) atoms. The molecule has 0 bridgehead atoms. The quantitative estimate of drug-likeness (QED) is 0.370. The van der Waals surface area contributed by atoms with Gasteiger partial charge in [0.05, 0.1) is 17.7 Å². The lowest BCUT2D eigenvalue weighted by atomic mass is 10.1. The zero-order valence-electron chi connectivity index (χ0n) is 18.5. The summed E-state index contributed by atoms with van der Waals surface area (Å²) in [6, 6.07) is 22.4. The van der Waals surface area contributed by atoms with Gasteiger partial charge in [-0.25, -0.2) is 4.98 Å². The van der Waals surface area contributed by atoms with E-state index in [9.17, 15) is 4.21 Å². The van der Waals surface area contributed by atoms with Crippen LogP contribution in [0, 0.1) is 0 Å². The van der Waals surface area contributed by atoms with E-state index in [0.29, 0.717) is 0 Å². The zero-order chi connectivity index (χ0) is 22.3. The standard InChI is InChI=1S/C26H28N4OS/c1-29(19-21-8-4-3-5-9-21)16-7-17-30-20-28-25(26(30)22-12-14-27-15-13-22)23-10-6-11-24(18-23)32(2)31/h3-6,8-15,18,20H,7,16-17,19H2,1-2H3. The van der Waals surface area contributed by atoms with Gasteiger partial charge in [0, 0.05) is 58.6 Å². The van der Waals surface area contributed by atoms with Gasteiger partial charge in [-0.2, -0.15) is 0 Å². The maximum absolute atomic E-state index is 12.0. The highest BCUT2D eigenvalue weighted by atomic mass is 32.2. The molecule has 6 heteroatoms. The molecule has 0 fully saturated rings. The van der Waals surface area contributed by atoms with Crippen LogP contribution in [-0.2, 0) is 23.9 Å². The third-order valence-electron chi connectivity index (χ3n) is 5.47. The fourth-order valence-electron chi connectivity index (χ4n) is 3.88. The van der Waals surface area contributed by atoms with Crippen molar-refractivity contribution in [3.8, 4) is 22.5 Å². The normalized spacial score (nSPS) is 12.2. The second kappa shape index (κ2) is 10.5. The molecule has 0 aliphatic heterocycles. The molecule has 2 aromatic carbocycles. The number of nitrogens with zero attached hydrogens (tertiary/aromatic N) is 4. The van der Waals surface area contributed by atoms with Crippen LogP contribution in [0.25, 0.3) is 22.5 Å². The van der Waals surface area contributed by atoms with Gasteiger partial charge in [0.25, 0.3) is 0 Å². The number of benzene rings is 2. The molecule has 4 rings (SSSR count). The van der Waals surface area contributed by atoms with Crippen molar-refractivity contribution < 1.29 is 4.21 Å². The van der Waals surface area contributed by atoms with Gasteiger partial charge < -0.3 is 9.47 Å². The van der Waals surface area contributed by atoms with Crippen molar-refractivity contribution >= 4 is 10.8 Å². The average Bonchev–Trinajstić information content (AvgIpc) is 3.24. The van der Waals surface area contributed by atoms with Gasteiger partial charge in [-0.05, 0) is 49.8 Å². The second-order valence-electron chi connectivity index (χ2n) is 7.93. The molecule has 0 radical (unpaired) electrons. The Bertz CT molecular complexity index is 1170. The molecule has 1 atom stereocenters. The summed E-state index contributed by atoms with van der Waals surface area (Å²) >= 11 is 0. The van der Waals surface area contributed by atoms with E-state index in [-0.39, 0.29) is 0 Å². The molecule has 5 nitrogen and oxygen atoms in total. The summed E-state index contributed by atoms with van der Waals surface area (Å²) in [5.74, 6) is 0. The van der Waals surface area contributed by atoms with Gasteiger partial charge in [0.2, 0.25) is 0 Å². The van der Waals surface area contributed by atoms with Crippen LogP contribution in [0.15, 0.2) is 90.3 Å². The Morgan fingerprint density at radius 2 is 1.75 bits per heavy atom. The van der Waals surface area contributed by atoms with Crippen LogP contribution in [0.1, 0.15) is 12.0 Å². The Hall–Kier alpha value is -3.09. The summed E-state index contributed by atoms with van der Waals surface area (Å²) in [5, 5.41) is 0. The first-order valence-corrected chi connectivity index (χ1v) is 12.3. The number of hydrogen-bond donors (Lipinski definition) is 0. The van der Waals surface area contributed by atoms with Gasteiger partial charge in [-0.15, -0.1) is 0 Å². The lowest BCUT2D eigenvalue weighted by molar-refractivity contribution is 0.314. The molecule has 1 unspecified atom stereocenters. The van der Waals surface area contributed by atoms with Crippen molar-refractivity contribution in [2.75, 3.05) is 19.8 Å². The molecule has 0 saturated carbocycles. The molecule has 0 aliphatic carbocycles.